The van der Waals surface area contributed by atoms with Crippen LogP contribution in [-0.2, 0) is 14.3 Å². The van der Waals surface area contributed by atoms with Gasteiger partial charge >= 0.3 is 6.09 Å². The lowest BCUT2D eigenvalue weighted by Crippen LogP contribution is -2.45. The number of carbonyl (C=O) groups excluding carboxylic acids is 2. The van der Waals surface area contributed by atoms with Crippen molar-refractivity contribution >= 4 is 12.0 Å². The van der Waals surface area contributed by atoms with Gasteiger partial charge in [-0.1, -0.05) is 0 Å². The van der Waals surface area contributed by atoms with Crippen LogP contribution in [0.2, 0.25) is 0 Å². The molecular weight excluding hydrogens is 188 g/mol. The minimum absolute atomic E-state index is 0.271. The van der Waals surface area contributed by atoms with Gasteiger partial charge in [0.25, 0.3) is 0 Å². The third-order valence-corrected chi connectivity index (χ3v) is 1.52. The van der Waals surface area contributed by atoms with Crippen molar-refractivity contribution < 1.29 is 19.1 Å². The topological polar surface area (TPSA) is 76.7 Å². The Morgan fingerprint density at radius 1 is 1.36 bits per heavy atom. The number of methoxy groups -OCH3 is 2. The van der Waals surface area contributed by atoms with Crippen molar-refractivity contribution in [3.8, 4) is 0 Å². The van der Waals surface area contributed by atoms with Gasteiger partial charge in [0.15, 0.2) is 0 Å². The molecule has 14 heavy (non-hydrogen) atoms. The van der Waals surface area contributed by atoms with Crippen LogP contribution in [0.3, 0.4) is 0 Å². The third kappa shape index (κ3) is 5.36. The highest BCUT2D eigenvalue weighted by Gasteiger charge is 2.14. The Morgan fingerprint density at radius 2 is 2.00 bits per heavy atom. The van der Waals surface area contributed by atoms with E-state index in [1.54, 1.807) is 14.0 Å². The molecule has 0 fully saturated rings. The van der Waals surface area contributed by atoms with E-state index in [-0.39, 0.29) is 5.91 Å². The van der Waals surface area contributed by atoms with Crippen molar-refractivity contribution in [2.24, 2.45) is 0 Å². The average molecular weight is 204 g/mol. The molecule has 0 aliphatic rings. The molecule has 0 heterocycles. The molecule has 0 saturated heterocycles. The Bertz CT molecular complexity index is 196. The highest BCUT2D eigenvalue weighted by Crippen LogP contribution is 1.83. The van der Waals surface area contributed by atoms with Crippen molar-refractivity contribution in [3.05, 3.63) is 0 Å². The normalized spacial score (nSPS) is 11.6. The van der Waals surface area contributed by atoms with Crippen LogP contribution in [-0.4, -0.2) is 45.4 Å². The van der Waals surface area contributed by atoms with Crippen LogP contribution in [0.5, 0.6) is 0 Å². The van der Waals surface area contributed by atoms with Gasteiger partial charge in [-0.05, 0) is 6.92 Å². The molecule has 6 heteroatoms. The molecule has 1 atom stereocenters. The molecule has 82 valence electrons. The van der Waals surface area contributed by atoms with Crippen LogP contribution in [0.4, 0.5) is 4.79 Å². The highest BCUT2D eigenvalue weighted by atomic mass is 16.5. The summed E-state index contributed by atoms with van der Waals surface area (Å²) in [7, 11) is 2.78. The maximum atomic E-state index is 11.2. The number of hydrogen-bond acceptors (Lipinski definition) is 4. The second kappa shape index (κ2) is 7.14. The third-order valence-electron chi connectivity index (χ3n) is 1.52. The zero-order valence-electron chi connectivity index (χ0n) is 8.62. The molecule has 1 unspecified atom stereocenters. The fourth-order valence-electron chi connectivity index (χ4n) is 0.731. The van der Waals surface area contributed by atoms with Gasteiger partial charge in [-0.2, -0.15) is 0 Å². The highest BCUT2D eigenvalue weighted by molar-refractivity contribution is 5.85. The van der Waals surface area contributed by atoms with Crippen molar-refractivity contribution in [3.63, 3.8) is 0 Å². The molecule has 0 spiro atoms. The van der Waals surface area contributed by atoms with E-state index in [2.05, 4.69) is 15.4 Å². The van der Waals surface area contributed by atoms with Crippen molar-refractivity contribution in [1.82, 2.24) is 10.6 Å². The molecule has 0 aromatic heterocycles. The van der Waals surface area contributed by atoms with Gasteiger partial charge < -0.3 is 20.1 Å². The summed E-state index contributed by atoms with van der Waals surface area (Å²) >= 11 is 0. The monoisotopic (exact) mass is 204 g/mol. The Morgan fingerprint density at radius 3 is 2.50 bits per heavy atom. The van der Waals surface area contributed by atoms with Gasteiger partial charge in [0.2, 0.25) is 5.91 Å². The molecule has 2 amide bonds. The fourth-order valence-corrected chi connectivity index (χ4v) is 0.731. The summed E-state index contributed by atoms with van der Waals surface area (Å²) in [5.41, 5.74) is 0. The first-order chi connectivity index (χ1) is 6.61. The zero-order chi connectivity index (χ0) is 11.0. The van der Waals surface area contributed by atoms with Crippen molar-refractivity contribution in [1.29, 1.82) is 0 Å². The number of amides is 2. The number of rotatable bonds is 5. The summed E-state index contributed by atoms with van der Waals surface area (Å²) in [4.78, 5) is 22.0. The van der Waals surface area contributed by atoms with Crippen LogP contribution < -0.4 is 10.6 Å². The van der Waals surface area contributed by atoms with E-state index in [1.165, 1.54) is 7.11 Å². The quantitative estimate of drug-likeness (QED) is 0.591. The minimum Gasteiger partial charge on any atom is -0.453 e. The standard InChI is InChI=1S/C8H16N2O4/c1-6(10-8(12)14-3)7(11)9-4-5-13-2/h6H,4-5H2,1-3H3,(H,9,11)(H,10,12). The first kappa shape index (κ1) is 12.7. The lowest BCUT2D eigenvalue weighted by molar-refractivity contribution is -0.122. The average Bonchev–Trinajstić information content (AvgIpc) is 2.17. The largest absolute Gasteiger partial charge is 0.453 e. The Balaban J connectivity index is 3.70. The summed E-state index contributed by atoms with van der Waals surface area (Å²) in [6.07, 6.45) is -0.626. The number of hydrogen-bond donors (Lipinski definition) is 2. The molecule has 0 radical (unpaired) electrons. The minimum atomic E-state index is -0.626. The van der Waals surface area contributed by atoms with E-state index in [9.17, 15) is 9.59 Å². The summed E-state index contributed by atoms with van der Waals surface area (Å²) in [6.45, 7) is 2.43. The lowest BCUT2D eigenvalue weighted by Gasteiger charge is -2.12. The predicted octanol–water partition coefficient (Wildman–Crippen LogP) is -0.507. The summed E-state index contributed by atoms with van der Waals surface area (Å²) in [5.74, 6) is -0.271. The SMILES string of the molecule is COCCNC(=O)C(C)NC(=O)OC. The molecular formula is C8H16N2O4. The Hall–Kier alpha value is -1.30. The zero-order valence-corrected chi connectivity index (χ0v) is 8.62. The van der Waals surface area contributed by atoms with E-state index >= 15 is 0 Å². The number of alkyl carbamates (subject to hydrolysis) is 1. The van der Waals surface area contributed by atoms with E-state index in [1.807, 2.05) is 0 Å². The first-order valence-electron chi connectivity index (χ1n) is 4.23. The lowest BCUT2D eigenvalue weighted by atomic mass is 10.3. The number of nitrogens with one attached hydrogen (secondary N) is 2. The second-order valence-corrected chi connectivity index (χ2v) is 2.64. The van der Waals surface area contributed by atoms with Gasteiger partial charge in [0, 0.05) is 13.7 Å². The van der Waals surface area contributed by atoms with Gasteiger partial charge in [0.05, 0.1) is 13.7 Å². The van der Waals surface area contributed by atoms with E-state index in [0.29, 0.717) is 13.2 Å². The Labute approximate surface area is 82.9 Å². The maximum absolute atomic E-state index is 11.2. The Kier molecular flexibility index (Phi) is 6.47. The summed E-state index contributed by atoms with van der Waals surface area (Å²) in [5, 5.41) is 4.92. The number of ether oxygens (including phenoxy) is 2. The molecule has 0 bridgehead atoms. The van der Waals surface area contributed by atoms with Crippen LogP contribution in [0.15, 0.2) is 0 Å². The fraction of sp³-hybridized carbons (Fsp3) is 0.750. The van der Waals surface area contributed by atoms with Gasteiger partial charge in [-0.25, -0.2) is 4.79 Å². The van der Waals surface area contributed by atoms with Gasteiger partial charge in [-0.15, -0.1) is 0 Å². The molecule has 0 aliphatic heterocycles. The summed E-state index contributed by atoms with van der Waals surface area (Å²) < 4.78 is 9.09. The van der Waals surface area contributed by atoms with Gasteiger partial charge in [-0.3, -0.25) is 4.79 Å². The number of carbonyl (C=O) groups is 2. The van der Waals surface area contributed by atoms with Crippen LogP contribution in [0.1, 0.15) is 6.92 Å². The molecule has 6 nitrogen and oxygen atoms in total. The van der Waals surface area contributed by atoms with Gasteiger partial charge in [0.1, 0.15) is 6.04 Å². The van der Waals surface area contributed by atoms with E-state index < -0.39 is 12.1 Å². The molecule has 0 saturated carbocycles. The van der Waals surface area contributed by atoms with Crippen LogP contribution in [0, 0.1) is 0 Å². The van der Waals surface area contributed by atoms with E-state index in [0.717, 1.165) is 0 Å². The van der Waals surface area contributed by atoms with Crippen molar-refractivity contribution in [2.75, 3.05) is 27.4 Å². The predicted molar refractivity (Wildman–Crippen MR) is 49.9 cm³/mol. The molecule has 2 N–H and O–H groups in total. The molecule has 0 aromatic carbocycles. The first-order valence-corrected chi connectivity index (χ1v) is 4.23. The summed E-state index contributed by atoms with van der Waals surface area (Å²) in [6, 6.07) is -0.612. The van der Waals surface area contributed by atoms with Crippen LogP contribution >= 0.6 is 0 Å². The molecule has 0 aromatic rings. The van der Waals surface area contributed by atoms with Crippen molar-refractivity contribution in [2.45, 2.75) is 13.0 Å². The second-order valence-electron chi connectivity index (χ2n) is 2.64. The smallest absolute Gasteiger partial charge is 0.407 e. The molecule has 0 rings (SSSR count). The molecule has 0 aliphatic carbocycles. The maximum Gasteiger partial charge on any atom is 0.407 e. The van der Waals surface area contributed by atoms with Crippen LogP contribution in [0.25, 0.3) is 0 Å². The van der Waals surface area contributed by atoms with E-state index in [4.69, 9.17) is 4.74 Å².